The number of alkyl halides is 3. The quantitative estimate of drug-likeness (QED) is 0.245. The van der Waals surface area contributed by atoms with E-state index < -0.39 is 23.3 Å². The zero-order chi connectivity index (χ0) is 25.3. The van der Waals surface area contributed by atoms with Crippen LogP contribution in [0.1, 0.15) is 16.7 Å². The Morgan fingerprint density at radius 1 is 1.06 bits per heavy atom. The second kappa shape index (κ2) is 9.75. The average molecular weight is 518 g/mol. The number of aromatic nitrogens is 2. The van der Waals surface area contributed by atoms with Crippen LogP contribution in [0.4, 0.5) is 18.9 Å². The molecule has 1 heterocycles. The van der Waals surface area contributed by atoms with Gasteiger partial charge in [-0.05, 0) is 67.4 Å². The predicted molar refractivity (Wildman–Crippen MR) is 133 cm³/mol. The first kappa shape index (κ1) is 24.8. The van der Waals surface area contributed by atoms with Crippen LogP contribution in [0.2, 0.25) is 5.02 Å². The molecule has 0 saturated heterocycles. The molecule has 0 atom stereocenters. The molecule has 5 nitrogen and oxygen atoms in total. The number of nitrogens with zero attached hydrogens (tertiary/aromatic N) is 2. The van der Waals surface area contributed by atoms with Crippen molar-refractivity contribution in [1.29, 1.82) is 0 Å². The molecule has 1 amide bonds. The molecule has 4 aromatic rings. The Kier molecular flexibility index (Phi) is 6.91. The molecule has 0 unspecified atom stereocenters. The van der Waals surface area contributed by atoms with E-state index in [9.17, 15) is 22.8 Å². The summed E-state index contributed by atoms with van der Waals surface area (Å²) in [5.74, 6) is -0.952. The van der Waals surface area contributed by atoms with Crippen molar-refractivity contribution < 1.29 is 18.0 Å². The fraction of sp³-hybridized carbons (Fsp3) is 0.160. The first-order chi connectivity index (χ1) is 16.5. The largest absolute Gasteiger partial charge is 0.418 e. The van der Waals surface area contributed by atoms with Crippen LogP contribution in [-0.2, 0) is 11.0 Å². The summed E-state index contributed by atoms with van der Waals surface area (Å²) < 4.78 is 41.5. The summed E-state index contributed by atoms with van der Waals surface area (Å²) in [5, 5.41) is 2.86. The maximum absolute atomic E-state index is 13.4. The number of aryl methyl sites for hydroxylation is 2. The highest BCUT2D eigenvalue weighted by Gasteiger charge is 2.34. The van der Waals surface area contributed by atoms with Crippen molar-refractivity contribution >= 4 is 45.9 Å². The molecule has 0 aliphatic carbocycles. The van der Waals surface area contributed by atoms with E-state index in [1.807, 2.05) is 26.0 Å². The number of carbonyl (C=O) groups excluding carboxylic acids is 1. The molecule has 35 heavy (non-hydrogen) atoms. The van der Waals surface area contributed by atoms with Gasteiger partial charge >= 0.3 is 6.18 Å². The number of para-hydroxylation sites is 1. The molecule has 1 N–H and O–H groups in total. The molecular weight excluding hydrogens is 499 g/mol. The number of thioether (sulfide) groups is 1. The molecule has 0 aliphatic rings. The number of benzene rings is 3. The van der Waals surface area contributed by atoms with E-state index in [0.29, 0.717) is 16.6 Å². The number of halogens is 4. The summed E-state index contributed by atoms with van der Waals surface area (Å²) in [5.41, 5.74) is 1.31. The van der Waals surface area contributed by atoms with E-state index in [0.717, 1.165) is 35.0 Å². The second-order valence-electron chi connectivity index (χ2n) is 7.85. The number of amides is 1. The van der Waals surface area contributed by atoms with Gasteiger partial charge in [0, 0.05) is 5.02 Å². The highest BCUT2D eigenvalue weighted by atomic mass is 35.5. The van der Waals surface area contributed by atoms with Crippen molar-refractivity contribution in [2.24, 2.45) is 0 Å². The molecular formula is C25H19ClF3N3O2S. The second-order valence-corrected chi connectivity index (χ2v) is 9.22. The normalized spacial score (nSPS) is 11.6. The van der Waals surface area contributed by atoms with Crippen molar-refractivity contribution in [3.8, 4) is 5.69 Å². The Bertz CT molecular complexity index is 1500. The average Bonchev–Trinajstić information content (AvgIpc) is 2.80. The first-order valence-electron chi connectivity index (χ1n) is 10.4. The standard InChI is InChI=1S/C25H19ClF3N3O2S/c1-14-7-9-17(11-15(14)2)32-23(34)18-5-3-4-6-20(18)31-24(32)35-13-22(33)30-21-10-8-16(26)12-19(21)25(27,28)29/h3-12H,13H2,1-2H3,(H,30,33). The lowest BCUT2D eigenvalue weighted by Crippen LogP contribution is -2.23. The molecule has 0 bridgehead atoms. The van der Waals surface area contributed by atoms with Crippen LogP contribution in [0.5, 0.6) is 0 Å². The molecule has 180 valence electrons. The van der Waals surface area contributed by atoms with Crippen molar-refractivity contribution in [2.75, 3.05) is 11.1 Å². The van der Waals surface area contributed by atoms with Crippen LogP contribution in [0.15, 0.2) is 70.6 Å². The van der Waals surface area contributed by atoms with Gasteiger partial charge in [0.25, 0.3) is 5.56 Å². The smallest absolute Gasteiger partial charge is 0.325 e. The van der Waals surface area contributed by atoms with Crippen LogP contribution in [0.25, 0.3) is 16.6 Å². The monoisotopic (exact) mass is 517 g/mol. The fourth-order valence-electron chi connectivity index (χ4n) is 3.48. The number of fused-ring (bicyclic) bond motifs is 1. The van der Waals surface area contributed by atoms with Gasteiger partial charge in [0.2, 0.25) is 5.91 Å². The lowest BCUT2D eigenvalue weighted by atomic mass is 10.1. The fourth-order valence-corrected chi connectivity index (χ4v) is 4.46. The third-order valence-electron chi connectivity index (χ3n) is 5.39. The number of hydrogen-bond donors (Lipinski definition) is 1. The van der Waals surface area contributed by atoms with Crippen molar-refractivity contribution in [3.63, 3.8) is 0 Å². The molecule has 0 saturated carbocycles. The Hall–Kier alpha value is -3.30. The maximum atomic E-state index is 13.4. The van der Waals surface area contributed by atoms with E-state index in [2.05, 4.69) is 10.3 Å². The van der Waals surface area contributed by atoms with Crippen molar-refractivity contribution in [2.45, 2.75) is 25.2 Å². The maximum Gasteiger partial charge on any atom is 0.418 e. The van der Waals surface area contributed by atoms with E-state index in [-0.39, 0.29) is 21.5 Å². The molecule has 3 aromatic carbocycles. The Morgan fingerprint density at radius 3 is 2.51 bits per heavy atom. The van der Waals surface area contributed by atoms with Crippen LogP contribution in [0.3, 0.4) is 0 Å². The van der Waals surface area contributed by atoms with E-state index in [1.165, 1.54) is 10.6 Å². The van der Waals surface area contributed by atoms with Gasteiger partial charge in [-0.25, -0.2) is 4.98 Å². The minimum absolute atomic E-state index is 0.0949. The minimum atomic E-state index is -4.69. The van der Waals surface area contributed by atoms with Crippen LogP contribution >= 0.6 is 23.4 Å². The Balaban J connectivity index is 1.68. The summed E-state index contributed by atoms with van der Waals surface area (Å²) in [7, 11) is 0. The predicted octanol–water partition coefficient (Wildman–Crippen LogP) is 6.41. The van der Waals surface area contributed by atoms with Gasteiger partial charge in [0.1, 0.15) is 0 Å². The van der Waals surface area contributed by atoms with E-state index in [1.54, 1.807) is 30.3 Å². The number of rotatable bonds is 5. The van der Waals surface area contributed by atoms with Gasteiger partial charge in [0.15, 0.2) is 5.16 Å². The van der Waals surface area contributed by atoms with Crippen LogP contribution < -0.4 is 10.9 Å². The molecule has 0 fully saturated rings. The van der Waals surface area contributed by atoms with Gasteiger partial charge in [-0.3, -0.25) is 14.2 Å². The Morgan fingerprint density at radius 2 is 1.80 bits per heavy atom. The number of anilines is 1. The highest BCUT2D eigenvalue weighted by molar-refractivity contribution is 7.99. The lowest BCUT2D eigenvalue weighted by molar-refractivity contribution is -0.137. The van der Waals surface area contributed by atoms with E-state index >= 15 is 0 Å². The summed E-state index contributed by atoms with van der Waals surface area (Å²) in [6.07, 6.45) is -4.69. The van der Waals surface area contributed by atoms with Crippen molar-refractivity contribution in [3.05, 3.63) is 92.7 Å². The molecule has 4 rings (SSSR count). The zero-order valence-corrected chi connectivity index (χ0v) is 20.2. The first-order valence-corrected chi connectivity index (χ1v) is 11.8. The van der Waals surface area contributed by atoms with Crippen LogP contribution in [0, 0.1) is 13.8 Å². The Labute approximate surface area is 207 Å². The van der Waals surface area contributed by atoms with Gasteiger partial charge in [-0.15, -0.1) is 0 Å². The molecule has 1 aromatic heterocycles. The van der Waals surface area contributed by atoms with Crippen molar-refractivity contribution in [1.82, 2.24) is 9.55 Å². The number of hydrogen-bond acceptors (Lipinski definition) is 4. The highest BCUT2D eigenvalue weighted by Crippen LogP contribution is 2.36. The van der Waals surface area contributed by atoms with Gasteiger partial charge < -0.3 is 5.32 Å². The zero-order valence-electron chi connectivity index (χ0n) is 18.6. The van der Waals surface area contributed by atoms with Gasteiger partial charge in [-0.2, -0.15) is 13.2 Å². The number of nitrogens with one attached hydrogen (secondary N) is 1. The third kappa shape index (κ3) is 5.36. The minimum Gasteiger partial charge on any atom is -0.325 e. The summed E-state index contributed by atoms with van der Waals surface area (Å²) >= 11 is 6.66. The van der Waals surface area contributed by atoms with Gasteiger partial charge in [0.05, 0.1) is 33.6 Å². The summed E-state index contributed by atoms with van der Waals surface area (Å²) in [6.45, 7) is 3.87. The third-order valence-corrected chi connectivity index (χ3v) is 6.56. The molecule has 0 radical (unpaired) electrons. The van der Waals surface area contributed by atoms with Crippen LogP contribution in [-0.4, -0.2) is 21.2 Å². The van der Waals surface area contributed by atoms with Gasteiger partial charge in [-0.1, -0.05) is 41.6 Å². The summed E-state index contributed by atoms with van der Waals surface area (Å²) in [4.78, 5) is 30.5. The van der Waals surface area contributed by atoms with E-state index in [4.69, 9.17) is 11.6 Å². The lowest BCUT2D eigenvalue weighted by Gasteiger charge is -2.16. The molecule has 10 heteroatoms. The SMILES string of the molecule is Cc1ccc(-n2c(SCC(=O)Nc3ccc(Cl)cc3C(F)(F)F)nc3ccccc3c2=O)cc1C. The summed E-state index contributed by atoms with van der Waals surface area (Å²) in [6, 6.07) is 15.5. The number of carbonyl (C=O) groups is 1. The molecule has 0 spiro atoms. The topological polar surface area (TPSA) is 64.0 Å². The molecule has 0 aliphatic heterocycles.